The Balaban J connectivity index is 1.59. The molecule has 4 N–H and O–H groups in total. The third kappa shape index (κ3) is 5.38. The zero-order valence-corrected chi connectivity index (χ0v) is 18.0. The van der Waals surface area contributed by atoms with Gasteiger partial charge in [0.05, 0.1) is 11.5 Å². The van der Waals surface area contributed by atoms with Crippen molar-refractivity contribution in [1.29, 1.82) is 0 Å². The van der Waals surface area contributed by atoms with Crippen LogP contribution in [0.15, 0.2) is 58.8 Å². The van der Waals surface area contributed by atoms with E-state index in [1.54, 1.807) is 0 Å². The van der Waals surface area contributed by atoms with Crippen LogP contribution >= 0.6 is 11.8 Å². The van der Waals surface area contributed by atoms with Crippen molar-refractivity contribution in [3.63, 3.8) is 0 Å². The minimum absolute atomic E-state index is 0.139. The van der Waals surface area contributed by atoms with E-state index in [4.69, 9.17) is 5.84 Å². The van der Waals surface area contributed by atoms with Crippen molar-refractivity contribution in [3.05, 3.63) is 65.2 Å². The van der Waals surface area contributed by atoms with E-state index in [2.05, 4.69) is 26.0 Å². The largest absolute Gasteiger partial charge is 0.334 e. The van der Waals surface area contributed by atoms with Crippen LogP contribution in [0.1, 0.15) is 30.0 Å². The molecule has 0 radical (unpaired) electrons. The molecule has 3 aromatic rings. The lowest BCUT2D eigenvalue weighted by molar-refractivity contribution is -0.113. The highest BCUT2D eigenvalue weighted by molar-refractivity contribution is 7.99. The third-order valence-corrected chi connectivity index (χ3v) is 5.33. The first-order valence-corrected chi connectivity index (χ1v) is 10.5. The molecular formula is C21H25N7OS. The van der Waals surface area contributed by atoms with Crippen LogP contribution in [0.5, 0.6) is 0 Å². The fourth-order valence-electron chi connectivity index (χ4n) is 2.82. The number of carbonyl (C=O) groups excluding carboxylic acids is 1. The van der Waals surface area contributed by atoms with Crippen LogP contribution < -0.4 is 16.6 Å². The second kappa shape index (κ2) is 9.93. The number of nitrogens with zero attached hydrogens (tertiary/aromatic N) is 4. The van der Waals surface area contributed by atoms with E-state index in [0.29, 0.717) is 11.1 Å². The topological polar surface area (TPSA) is 110 Å². The number of nitrogen functional groups attached to an aromatic ring is 1. The summed E-state index contributed by atoms with van der Waals surface area (Å²) in [6.07, 6.45) is 0.746. The molecular weight excluding hydrogens is 398 g/mol. The van der Waals surface area contributed by atoms with Gasteiger partial charge in [0.15, 0.2) is 0 Å². The molecule has 1 heterocycles. The van der Waals surface area contributed by atoms with Crippen LogP contribution in [0, 0.1) is 13.8 Å². The van der Waals surface area contributed by atoms with Gasteiger partial charge in [0.2, 0.25) is 11.1 Å². The molecule has 0 saturated carbocycles. The van der Waals surface area contributed by atoms with Crippen LogP contribution in [0.3, 0.4) is 0 Å². The molecule has 1 aromatic heterocycles. The summed E-state index contributed by atoms with van der Waals surface area (Å²) in [6, 6.07) is 15.8. The van der Waals surface area contributed by atoms with E-state index in [0.717, 1.165) is 34.5 Å². The molecule has 8 nitrogen and oxygen atoms in total. The number of nitrogens with two attached hydrogens (primary N) is 1. The Kier molecular flexibility index (Phi) is 7.08. The van der Waals surface area contributed by atoms with Crippen molar-refractivity contribution in [1.82, 2.24) is 14.9 Å². The number of hydrazone groups is 1. The maximum atomic E-state index is 12.3. The number of anilines is 2. The number of nitrogens with one attached hydrogen (secondary N) is 2. The second-order valence-electron chi connectivity index (χ2n) is 6.72. The maximum absolute atomic E-state index is 12.3. The third-order valence-electron chi connectivity index (χ3n) is 4.39. The van der Waals surface area contributed by atoms with Crippen LogP contribution in [0.2, 0.25) is 0 Å². The van der Waals surface area contributed by atoms with Gasteiger partial charge >= 0.3 is 0 Å². The summed E-state index contributed by atoms with van der Waals surface area (Å²) in [5.41, 5.74) is 7.72. The molecule has 0 atom stereocenters. The minimum Gasteiger partial charge on any atom is -0.334 e. The molecule has 0 saturated heterocycles. The zero-order chi connectivity index (χ0) is 21.5. The number of aryl methyl sites for hydroxylation is 2. The van der Waals surface area contributed by atoms with Crippen LogP contribution in [-0.2, 0) is 4.79 Å². The Hall–Kier alpha value is -3.33. The summed E-state index contributed by atoms with van der Waals surface area (Å²) in [5, 5.41) is 15.8. The number of thioether (sulfide) groups is 1. The first kappa shape index (κ1) is 21.4. The van der Waals surface area contributed by atoms with Crippen molar-refractivity contribution in [2.24, 2.45) is 5.10 Å². The lowest BCUT2D eigenvalue weighted by Gasteiger charge is -2.09. The normalized spacial score (nSPS) is 11.4. The summed E-state index contributed by atoms with van der Waals surface area (Å²) in [4.78, 5) is 12.3. The molecule has 3 rings (SSSR count). The molecule has 0 spiro atoms. The van der Waals surface area contributed by atoms with Gasteiger partial charge in [0, 0.05) is 5.69 Å². The zero-order valence-electron chi connectivity index (χ0n) is 17.2. The van der Waals surface area contributed by atoms with Crippen molar-refractivity contribution in [2.45, 2.75) is 32.3 Å². The Morgan fingerprint density at radius 3 is 2.63 bits per heavy atom. The SMILES string of the molecule is CC/C(=N/Nc1nnc(SCC(=O)Nc2ccc(C)cc2C)n1N)c1ccccc1. The summed E-state index contributed by atoms with van der Waals surface area (Å²) in [6.45, 7) is 6.00. The summed E-state index contributed by atoms with van der Waals surface area (Å²) in [7, 11) is 0. The van der Waals surface area contributed by atoms with Crippen LogP contribution in [0.4, 0.5) is 11.6 Å². The van der Waals surface area contributed by atoms with Crippen LogP contribution in [-0.4, -0.2) is 32.2 Å². The fraction of sp³-hybridized carbons (Fsp3) is 0.238. The van der Waals surface area contributed by atoms with Crippen LogP contribution in [0.25, 0.3) is 0 Å². The smallest absolute Gasteiger partial charge is 0.264 e. The minimum atomic E-state index is -0.139. The van der Waals surface area contributed by atoms with Crippen molar-refractivity contribution >= 4 is 35.0 Å². The average Bonchev–Trinajstić information content (AvgIpc) is 3.09. The number of aromatic nitrogens is 3. The van der Waals surface area contributed by atoms with Gasteiger partial charge in [-0.3, -0.25) is 4.79 Å². The molecule has 0 aliphatic carbocycles. The lowest BCUT2D eigenvalue weighted by Crippen LogP contribution is -2.17. The number of rotatable bonds is 8. The second-order valence-corrected chi connectivity index (χ2v) is 7.66. The molecule has 0 unspecified atom stereocenters. The highest BCUT2D eigenvalue weighted by Gasteiger charge is 2.13. The Bertz CT molecular complexity index is 1050. The number of hydrogen-bond donors (Lipinski definition) is 3. The quantitative estimate of drug-likeness (QED) is 0.221. The van der Waals surface area contributed by atoms with Gasteiger partial charge in [0.25, 0.3) is 5.95 Å². The fourth-order valence-corrected chi connectivity index (χ4v) is 3.47. The molecule has 156 valence electrons. The summed E-state index contributed by atoms with van der Waals surface area (Å²) in [5.74, 6) is 6.38. The van der Waals surface area contributed by atoms with Gasteiger partial charge in [-0.1, -0.05) is 66.7 Å². The highest BCUT2D eigenvalue weighted by Crippen LogP contribution is 2.19. The van der Waals surface area contributed by atoms with Gasteiger partial charge in [-0.15, -0.1) is 10.2 Å². The number of benzene rings is 2. The molecule has 0 bridgehead atoms. The number of carbonyl (C=O) groups is 1. The molecule has 30 heavy (non-hydrogen) atoms. The van der Waals surface area contributed by atoms with E-state index >= 15 is 0 Å². The Morgan fingerprint density at radius 1 is 1.17 bits per heavy atom. The van der Waals surface area contributed by atoms with E-state index in [1.165, 1.54) is 16.4 Å². The van der Waals surface area contributed by atoms with Crippen molar-refractivity contribution < 1.29 is 4.79 Å². The van der Waals surface area contributed by atoms with Gasteiger partial charge in [-0.25, -0.2) is 10.1 Å². The molecule has 0 aliphatic rings. The van der Waals surface area contributed by atoms with Gasteiger partial charge in [-0.2, -0.15) is 5.10 Å². The van der Waals surface area contributed by atoms with Crippen molar-refractivity contribution in [2.75, 3.05) is 22.3 Å². The van der Waals surface area contributed by atoms with E-state index < -0.39 is 0 Å². The van der Waals surface area contributed by atoms with Crippen molar-refractivity contribution in [3.8, 4) is 0 Å². The predicted molar refractivity (Wildman–Crippen MR) is 122 cm³/mol. The summed E-state index contributed by atoms with van der Waals surface area (Å²) < 4.78 is 1.29. The van der Waals surface area contributed by atoms with E-state index in [1.807, 2.05) is 69.3 Å². The number of hydrogen-bond acceptors (Lipinski definition) is 7. The molecule has 0 fully saturated rings. The van der Waals surface area contributed by atoms with Gasteiger partial charge in [-0.05, 0) is 37.5 Å². The average molecular weight is 424 g/mol. The number of amides is 1. The molecule has 2 aromatic carbocycles. The molecule has 0 aliphatic heterocycles. The van der Waals surface area contributed by atoms with E-state index in [-0.39, 0.29) is 11.7 Å². The predicted octanol–water partition coefficient (Wildman–Crippen LogP) is 3.57. The molecule has 9 heteroatoms. The Labute approximate surface area is 179 Å². The monoisotopic (exact) mass is 423 g/mol. The highest BCUT2D eigenvalue weighted by atomic mass is 32.2. The lowest BCUT2D eigenvalue weighted by atomic mass is 10.1. The summed E-state index contributed by atoms with van der Waals surface area (Å²) >= 11 is 1.20. The van der Waals surface area contributed by atoms with Gasteiger partial charge in [0.1, 0.15) is 0 Å². The first-order valence-electron chi connectivity index (χ1n) is 9.56. The van der Waals surface area contributed by atoms with Gasteiger partial charge < -0.3 is 11.2 Å². The first-order chi connectivity index (χ1) is 14.5. The standard InChI is InChI=1S/C21H25N7OS/c1-4-17(16-8-6-5-7-9-16)24-25-20-26-27-21(28(20)22)30-13-19(29)23-18-11-10-14(2)12-15(18)3/h5-12H,4,13,22H2,1-3H3,(H,23,29)(H,25,26)/b24-17-. The van der Waals surface area contributed by atoms with E-state index in [9.17, 15) is 4.79 Å². The molecule has 1 amide bonds. The Morgan fingerprint density at radius 2 is 1.93 bits per heavy atom. The maximum Gasteiger partial charge on any atom is 0.264 e.